The molecule has 2 heterocycles. The van der Waals surface area contributed by atoms with Gasteiger partial charge in [-0.3, -0.25) is 9.10 Å². The van der Waals surface area contributed by atoms with Gasteiger partial charge in [-0.05, 0) is 47.1 Å². The lowest BCUT2D eigenvalue weighted by Gasteiger charge is -2.35. The van der Waals surface area contributed by atoms with E-state index >= 15 is 0 Å². The number of nitrogens with zero attached hydrogens (tertiary/aromatic N) is 1. The molecule has 1 atom stereocenters. The van der Waals surface area contributed by atoms with Gasteiger partial charge in [0.05, 0.1) is 22.3 Å². The first-order valence-electron chi connectivity index (χ1n) is 7.19. The van der Waals surface area contributed by atoms with Crippen LogP contribution in [-0.4, -0.2) is 33.4 Å². The maximum Gasteiger partial charge on any atom is 0.349 e. The van der Waals surface area contributed by atoms with Crippen molar-refractivity contribution in [2.24, 2.45) is 0 Å². The summed E-state index contributed by atoms with van der Waals surface area (Å²) in [5, 5.41) is 2.98. The van der Waals surface area contributed by atoms with Gasteiger partial charge in [0.15, 0.2) is 0 Å². The van der Waals surface area contributed by atoms with E-state index in [1.807, 2.05) is 0 Å². The number of anilines is 2. The predicted octanol–water partition coefficient (Wildman–Crippen LogP) is 3.49. The van der Waals surface area contributed by atoms with Crippen molar-refractivity contribution >= 4 is 72.1 Å². The molecule has 1 aromatic heterocycles. The fraction of sp³-hybridized carbons (Fsp3) is 0.200. The number of carbonyl (C=O) groups excluding carboxylic acids is 2. The standard InChI is InChI=1S/C15H12BrClN2O5S2/c1-7-14(20)18-9-5-8(17)3-4-10(9)19(7)26(22,23)11-6-12(16)25-13(11)15(21)24-2/h3-7H,1-2H3,(H,18,20). The van der Waals surface area contributed by atoms with Gasteiger partial charge in [-0.15, -0.1) is 11.3 Å². The molecular weight excluding hydrogens is 468 g/mol. The molecule has 0 saturated heterocycles. The molecule has 0 radical (unpaired) electrons. The summed E-state index contributed by atoms with van der Waals surface area (Å²) in [7, 11) is -3.06. The molecule has 0 spiro atoms. The Hall–Kier alpha value is -1.62. The molecule has 1 unspecified atom stereocenters. The Morgan fingerprint density at radius 3 is 2.73 bits per heavy atom. The van der Waals surface area contributed by atoms with Gasteiger partial charge >= 0.3 is 5.97 Å². The first kappa shape index (κ1) is 19.2. The predicted molar refractivity (Wildman–Crippen MR) is 103 cm³/mol. The van der Waals surface area contributed by atoms with E-state index in [2.05, 4.69) is 26.0 Å². The molecule has 0 aliphatic carbocycles. The highest BCUT2D eigenvalue weighted by Gasteiger charge is 2.41. The number of nitrogens with one attached hydrogen (secondary N) is 1. The molecule has 3 rings (SSSR count). The summed E-state index contributed by atoms with van der Waals surface area (Å²) in [4.78, 5) is 24.0. The topological polar surface area (TPSA) is 92.8 Å². The summed E-state index contributed by atoms with van der Waals surface area (Å²) < 4.78 is 32.8. The maximum atomic E-state index is 13.3. The summed E-state index contributed by atoms with van der Waals surface area (Å²) in [5.74, 6) is -1.28. The van der Waals surface area contributed by atoms with Crippen LogP contribution in [0.1, 0.15) is 16.6 Å². The number of halogens is 2. The Morgan fingerprint density at radius 2 is 2.08 bits per heavy atom. The van der Waals surface area contributed by atoms with Crippen LogP contribution in [0.3, 0.4) is 0 Å². The van der Waals surface area contributed by atoms with Crippen molar-refractivity contribution in [2.45, 2.75) is 17.9 Å². The maximum absolute atomic E-state index is 13.3. The second-order valence-electron chi connectivity index (χ2n) is 5.36. The minimum absolute atomic E-state index is 0.0759. The Kier molecular flexibility index (Phi) is 5.04. The number of sulfonamides is 1. The molecule has 0 fully saturated rings. The van der Waals surface area contributed by atoms with Crippen LogP contribution in [-0.2, 0) is 19.6 Å². The number of fused-ring (bicyclic) bond motifs is 1. The van der Waals surface area contributed by atoms with Crippen LogP contribution in [0.5, 0.6) is 0 Å². The Morgan fingerprint density at radius 1 is 1.38 bits per heavy atom. The van der Waals surface area contributed by atoms with E-state index in [4.69, 9.17) is 11.6 Å². The summed E-state index contributed by atoms with van der Waals surface area (Å²) in [6, 6.07) is 4.80. The smallest absolute Gasteiger partial charge is 0.349 e. The molecule has 0 bridgehead atoms. The van der Waals surface area contributed by atoms with Crippen molar-refractivity contribution in [1.29, 1.82) is 0 Å². The molecule has 11 heteroatoms. The second kappa shape index (κ2) is 6.84. The van der Waals surface area contributed by atoms with Gasteiger partial charge < -0.3 is 10.1 Å². The number of hydrogen-bond acceptors (Lipinski definition) is 6. The van der Waals surface area contributed by atoms with E-state index in [1.165, 1.54) is 38.3 Å². The van der Waals surface area contributed by atoms with Crippen LogP contribution in [0.4, 0.5) is 11.4 Å². The minimum Gasteiger partial charge on any atom is -0.465 e. The van der Waals surface area contributed by atoms with E-state index < -0.39 is 27.9 Å². The third-order valence-electron chi connectivity index (χ3n) is 3.76. The summed E-state index contributed by atoms with van der Waals surface area (Å²) in [6.07, 6.45) is 0. The fourth-order valence-electron chi connectivity index (χ4n) is 2.57. The molecule has 1 aromatic carbocycles. The zero-order chi connectivity index (χ0) is 19.2. The number of amides is 1. The number of ether oxygens (including phenoxy) is 1. The molecule has 7 nitrogen and oxygen atoms in total. The molecule has 0 saturated carbocycles. The highest BCUT2D eigenvalue weighted by Crippen LogP contribution is 2.40. The molecule has 1 aliphatic heterocycles. The van der Waals surface area contributed by atoms with E-state index in [9.17, 15) is 18.0 Å². The zero-order valence-electron chi connectivity index (χ0n) is 13.4. The molecular formula is C15H12BrClN2O5S2. The van der Waals surface area contributed by atoms with Crippen molar-refractivity contribution in [2.75, 3.05) is 16.7 Å². The summed E-state index contributed by atoms with van der Waals surface area (Å²) >= 11 is 10.1. The monoisotopic (exact) mass is 478 g/mol. The van der Waals surface area contributed by atoms with Crippen LogP contribution in [0, 0.1) is 0 Å². The average molecular weight is 480 g/mol. The van der Waals surface area contributed by atoms with Crippen molar-refractivity contribution in [1.82, 2.24) is 0 Å². The minimum atomic E-state index is -4.23. The first-order chi connectivity index (χ1) is 12.2. The van der Waals surface area contributed by atoms with E-state index in [0.717, 1.165) is 15.6 Å². The SMILES string of the molecule is COC(=O)c1sc(Br)cc1S(=O)(=O)N1c2ccc(Cl)cc2NC(=O)C1C. The number of esters is 1. The normalized spacial score (nSPS) is 16.8. The quantitative estimate of drug-likeness (QED) is 0.680. The van der Waals surface area contributed by atoms with Gasteiger partial charge in [-0.2, -0.15) is 0 Å². The lowest BCUT2D eigenvalue weighted by molar-refractivity contribution is -0.117. The second-order valence-corrected chi connectivity index (χ2v) is 10.0. The van der Waals surface area contributed by atoms with Crippen LogP contribution >= 0.6 is 38.9 Å². The number of methoxy groups -OCH3 is 1. The number of thiophene rings is 1. The van der Waals surface area contributed by atoms with Gasteiger partial charge in [0.25, 0.3) is 10.0 Å². The van der Waals surface area contributed by atoms with Crippen LogP contribution in [0.15, 0.2) is 32.9 Å². The Bertz CT molecular complexity index is 1020. The van der Waals surface area contributed by atoms with Crippen LogP contribution in [0.2, 0.25) is 5.02 Å². The molecule has 1 amide bonds. The number of hydrogen-bond donors (Lipinski definition) is 1. The van der Waals surface area contributed by atoms with E-state index in [-0.39, 0.29) is 21.1 Å². The van der Waals surface area contributed by atoms with Gasteiger partial charge in [0, 0.05) is 5.02 Å². The third-order valence-corrected chi connectivity index (χ3v) is 7.65. The highest BCUT2D eigenvalue weighted by atomic mass is 79.9. The van der Waals surface area contributed by atoms with Crippen LogP contribution in [0.25, 0.3) is 0 Å². The Labute approximate surface area is 167 Å². The van der Waals surface area contributed by atoms with Crippen LogP contribution < -0.4 is 9.62 Å². The average Bonchev–Trinajstić information content (AvgIpc) is 2.98. The van der Waals surface area contributed by atoms with Crippen molar-refractivity contribution < 1.29 is 22.7 Å². The highest BCUT2D eigenvalue weighted by molar-refractivity contribution is 9.11. The van der Waals surface area contributed by atoms with Crippen molar-refractivity contribution in [3.8, 4) is 0 Å². The molecule has 1 N–H and O–H groups in total. The fourth-order valence-corrected chi connectivity index (χ4v) is 6.55. The molecule has 138 valence electrons. The summed E-state index contributed by atoms with van der Waals surface area (Å²) in [6.45, 7) is 1.46. The molecule has 26 heavy (non-hydrogen) atoms. The van der Waals surface area contributed by atoms with Crippen molar-refractivity contribution in [3.05, 3.63) is 38.0 Å². The number of carbonyl (C=O) groups is 2. The summed E-state index contributed by atoms with van der Waals surface area (Å²) in [5.41, 5.74) is 0.540. The lowest BCUT2D eigenvalue weighted by atomic mass is 10.1. The number of benzene rings is 1. The Balaban J connectivity index is 2.22. The van der Waals surface area contributed by atoms with E-state index in [0.29, 0.717) is 8.81 Å². The van der Waals surface area contributed by atoms with E-state index in [1.54, 1.807) is 0 Å². The third kappa shape index (κ3) is 3.11. The van der Waals surface area contributed by atoms with Gasteiger partial charge in [-0.1, -0.05) is 11.6 Å². The molecule has 2 aromatic rings. The first-order valence-corrected chi connectivity index (χ1v) is 10.6. The van der Waals surface area contributed by atoms with Gasteiger partial charge in [-0.25, -0.2) is 13.2 Å². The molecule has 1 aliphatic rings. The lowest BCUT2D eigenvalue weighted by Crippen LogP contribution is -2.49. The number of rotatable bonds is 3. The largest absolute Gasteiger partial charge is 0.465 e. The van der Waals surface area contributed by atoms with Gasteiger partial charge in [0.2, 0.25) is 5.91 Å². The zero-order valence-corrected chi connectivity index (χ0v) is 17.4. The van der Waals surface area contributed by atoms with Gasteiger partial charge in [0.1, 0.15) is 15.8 Å². The van der Waals surface area contributed by atoms with Crippen molar-refractivity contribution in [3.63, 3.8) is 0 Å².